The molecule has 0 radical (unpaired) electrons. The zero-order chi connectivity index (χ0) is 20.7. The van der Waals surface area contributed by atoms with E-state index in [0.29, 0.717) is 13.2 Å². The van der Waals surface area contributed by atoms with Crippen molar-refractivity contribution >= 4 is 5.91 Å². The third kappa shape index (κ3) is 5.27. The molecule has 0 bridgehead atoms. The van der Waals surface area contributed by atoms with Gasteiger partial charge < -0.3 is 15.0 Å². The maximum Gasteiger partial charge on any atom is 0.226 e. The fraction of sp³-hybridized carbons (Fsp3) is 0.520. The Morgan fingerprint density at radius 3 is 2.57 bits per heavy atom. The number of carbonyl (C=O) groups excluding carboxylic acids is 1. The van der Waals surface area contributed by atoms with Crippen molar-refractivity contribution in [1.82, 2.24) is 15.2 Å². The van der Waals surface area contributed by atoms with E-state index in [1.807, 2.05) is 24.5 Å². The normalized spacial score (nSPS) is 19.3. The third-order valence-electron chi connectivity index (χ3n) is 6.58. The monoisotopic (exact) mass is 407 g/mol. The summed E-state index contributed by atoms with van der Waals surface area (Å²) in [6, 6.07) is 12.6. The third-order valence-corrected chi connectivity index (χ3v) is 6.58. The van der Waals surface area contributed by atoms with Crippen LogP contribution in [0.2, 0.25) is 0 Å². The second-order valence-corrected chi connectivity index (χ2v) is 8.66. The van der Waals surface area contributed by atoms with Crippen LogP contribution >= 0.6 is 0 Å². The van der Waals surface area contributed by atoms with E-state index >= 15 is 0 Å². The lowest BCUT2D eigenvalue weighted by atomic mass is 9.74. The van der Waals surface area contributed by atoms with E-state index in [9.17, 15) is 4.79 Å². The van der Waals surface area contributed by atoms with Gasteiger partial charge in [0.05, 0.1) is 5.41 Å². The number of piperidine rings is 1. The molecule has 1 aromatic carbocycles. The van der Waals surface area contributed by atoms with Crippen molar-refractivity contribution in [3.63, 3.8) is 0 Å². The molecule has 2 aliphatic rings. The van der Waals surface area contributed by atoms with Crippen LogP contribution in [0, 0.1) is 5.41 Å². The van der Waals surface area contributed by atoms with E-state index in [1.54, 1.807) is 0 Å². The van der Waals surface area contributed by atoms with Gasteiger partial charge in [-0.25, -0.2) is 0 Å². The Labute approximate surface area is 179 Å². The number of hydrogen-bond acceptors (Lipinski definition) is 4. The molecule has 5 nitrogen and oxygen atoms in total. The highest BCUT2D eigenvalue weighted by Crippen LogP contribution is 2.35. The summed E-state index contributed by atoms with van der Waals surface area (Å²) in [4.78, 5) is 19.9. The molecule has 30 heavy (non-hydrogen) atoms. The van der Waals surface area contributed by atoms with Crippen molar-refractivity contribution in [3.05, 3.63) is 54.4 Å². The van der Waals surface area contributed by atoms with E-state index in [0.717, 1.165) is 51.0 Å². The topological polar surface area (TPSA) is 54.5 Å². The number of nitrogens with zero attached hydrogens (tertiary/aromatic N) is 2. The molecular formula is C25H33N3O2. The van der Waals surface area contributed by atoms with Crippen LogP contribution in [0.1, 0.15) is 37.7 Å². The Bertz CT molecular complexity index is 812. The van der Waals surface area contributed by atoms with E-state index in [1.165, 1.54) is 30.4 Å². The number of hydrogen-bond donors (Lipinski definition) is 1. The standard InChI is InChI=1S/C25H33N3O2/c29-24(27-13-16-28-14-2-1-3-15-28)25(9-17-30-18-10-25)20-21-5-4-6-23(19-21)22-7-11-26-12-8-22/h4-8,11-12,19H,1-3,9-10,13-18,20H2,(H,27,29). The molecule has 3 heterocycles. The first-order valence-corrected chi connectivity index (χ1v) is 11.3. The van der Waals surface area contributed by atoms with E-state index in [2.05, 4.69) is 39.5 Å². The largest absolute Gasteiger partial charge is 0.381 e. The van der Waals surface area contributed by atoms with Crippen molar-refractivity contribution in [3.8, 4) is 11.1 Å². The Morgan fingerprint density at radius 1 is 1.03 bits per heavy atom. The summed E-state index contributed by atoms with van der Waals surface area (Å²) in [6.07, 6.45) is 9.85. The van der Waals surface area contributed by atoms with Crippen LogP contribution in [0.25, 0.3) is 11.1 Å². The number of aromatic nitrogens is 1. The molecule has 4 rings (SSSR count). The van der Waals surface area contributed by atoms with Crippen LogP contribution in [0.3, 0.4) is 0 Å². The average molecular weight is 408 g/mol. The highest BCUT2D eigenvalue weighted by atomic mass is 16.5. The van der Waals surface area contributed by atoms with Gasteiger partial charge in [0.2, 0.25) is 5.91 Å². The summed E-state index contributed by atoms with van der Waals surface area (Å²) in [7, 11) is 0. The quantitative estimate of drug-likeness (QED) is 0.761. The van der Waals surface area contributed by atoms with Gasteiger partial charge in [0.15, 0.2) is 0 Å². The number of rotatable bonds is 7. The lowest BCUT2D eigenvalue weighted by molar-refractivity contribution is -0.136. The van der Waals surface area contributed by atoms with Crippen molar-refractivity contribution in [2.75, 3.05) is 39.4 Å². The van der Waals surface area contributed by atoms with Crippen LogP contribution in [0.4, 0.5) is 0 Å². The molecule has 0 atom stereocenters. The van der Waals surface area contributed by atoms with Gasteiger partial charge in [0.25, 0.3) is 0 Å². The summed E-state index contributed by atoms with van der Waals surface area (Å²) in [6.45, 7) is 5.33. The molecule has 2 fully saturated rings. The minimum atomic E-state index is -0.378. The minimum absolute atomic E-state index is 0.192. The highest BCUT2D eigenvalue weighted by molar-refractivity contribution is 5.83. The maximum atomic E-state index is 13.3. The van der Waals surface area contributed by atoms with Crippen molar-refractivity contribution in [2.45, 2.75) is 38.5 Å². The van der Waals surface area contributed by atoms with Crippen LogP contribution < -0.4 is 5.32 Å². The van der Waals surface area contributed by atoms with Gasteiger partial charge in [-0.2, -0.15) is 0 Å². The molecule has 5 heteroatoms. The van der Waals surface area contributed by atoms with Crippen molar-refractivity contribution in [2.24, 2.45) is 5.41 Å². The van der Waals surface area contributed by atoms with E-state index < -0.39 is 0 Å². The zero-order valence-electron chi connectivity index (χ0n) is 17.8. The smallest absolute Gasteiger partial charge is 0.226 e. The SMILES string of the molecule is O=C(NCCN1CCCCC1)C1(Cc2cccc(-c3ccncc3)c2)CCOCC1. The van der Waals surface area contributed by atoms with Gasteiger partial charge in [-0.15, -0.1) is 0 Å². The molecule has 0 aliphatic carbocycles. The fourth-order valence-electron chi connectivity index (χ4n) is 4.74. The lowest BCUT2D eigenvalue weighted by Gasteiger charge is -2.36. The lowest BCUT2D eigenvalue weighted by Crippen LogP contribution is -2.48. The molecular weight excluding hydrogens is 374 g/mol. The van der Waals surface area contributed by atoms with Crippen LogP contribution in [-0.2, 0) is 16.0 Å². The molecule has 0 unspecified atom stereocenters. The summed E-state index contributed by atoms with van der Waals surface area (Å²) in [5, 5.41) is 3.26. The number of amides is 1. The molecule has 1 aromatic heterocycles. The second-order valence-electron chi connectivity index (χ2n) is 8.66. The summed E-state index contributed by atoms with van der Waals surface area (Å²) < 4.78 is 5.61. The van der Waals surface area contributed by atoms with Gasteiger partial charge in [-0.3, -0.25) is 9.78 Å². The van der Waals surface area contributed by atoms with Crippen molar-refractivity contribution in [1.29, 1.82) is 0 Å². The number of likely N-dealkylation sites (tertiary alicyclic amines) is 1. The summed E-state index contributed by atoms with van der Waals surface area (Å²) >= 11 is 0. The predicted molar refractivity (Wildman–Crippen MR) is 119 cm³/mol. The molecule has 2 aromatic rings. The highest BCUT2D eigenvalue weighted by Gasteiger charge is 2.40. The van der Waals surface area contributed by atoms with Crippen molar-refractivity contribution < 1.29 is 9.53 Å². The Hall–Kier alpha value is -2.24. The van der Waals surface area contributed by atoms with Crippen LogP contribution in [0.15, 0.2) is 48.8 Å². The van der Waals surface area contributed by atoms with Gasteiger partial charge in [0, 0.05) is 38.7 Å². The predicted octanol–water partition coefficient (Wildman–Crippen LogP) is 3.69. The number of ether oxygens (including phenoxy) is 1. The molecule has 0 spiro atoms. The minimum Gasteiger partial charge on any atom is -0.381 e. The molecule has 2 aliphatic heterocycles. The van der Waals surface area contributed by atoms with E-state index in [4.69, 9.17) is 4.74 Å². The van der Waals surface area contributed by atoms with Crippen LogP contribution in [-0.4, -0.2) is 55.2 Å². The van der Waals surface area contributed by atoms with Crippen LogP contribution in [0.5, 0.6) is 0 Å². The number of benzene rings is 1. The number of pyridine rings is 1. The first-order chi connectivity index (χ1) is 14.8. The Kier molecular flexibility index (Phi) is 7.13. The summed E-state index contributed by atoms with van der Waals surface area (Å²) in [5.41, 5.74) is 3.15. The first kappa shape index (κ1) is 21.0. The Morgan fingerprint density at radius 2 is 1.80 bits per heavy atom. The summed E-state index contributed by atoms with van der Waals surface area (Å²) in [5.74, 6) is 0.192. The fourth-order valence-corrected chi connectivity index (χ4v) is 4.74. The zero-order valence-corrected chi connectivity index (χ0v) is 17.8. The van der Waals surface area contributed by atoms with Gasteiger partial charge in [-0.1, -0.05) is 30.7 Å². The van der Waals surface area contributed by atoms with E-state index in [-0.39, 0.29) is 11.3 Å². The maximum absolute atomic E-state index is 13.3. The van der Waals surface area contributed by atoms with Gasteiger partial charge >= 0.3 is 0 Å². The second kappa shape index (κ2) is 10.2. The first-order valence-electron chi connectivity index (χ1n) is 11.3. The van der Waals surface area contributed by atoms with Gasteiger partial charge in [0.1, 0.15) is 0 Å². The molecule has 1 N–H and O–H groups in total. The molecule has 2 saturated heterocycles. The average Bonchev–Trinajstić information content (AvgIpc) is 2.81. The molecule has 1 amide bonds. The van der Waals surface area contributed by atoms with Gasteiger partial charge in [-0.05, 0) is 74.0 Å². The number of nitrogens with one attached hydrogen (secondary N) is 1. The molecule has 160 valence electrons. The number of carbonyl (C=O) groups is 1. The Balaban J connectivity index is 1.43. The molecule has 0 saturated carbocycles.